The van der Waals surface area contributed by atoms with Crippen molar-refractivity contribution in [2.75, 3.05) is 11.9 Å². The number of hydrogen-bond acceptors (Lipinski definition) is 4. The van der Waals surface area contributed by atoms with Crippen LogP contribution in [0, 0.1) is 11.8 Å². The van der Waals surface area contributed by atoms with Crippen molar-refractivity contribution >= 4 is 42.3 Å². The van der Waals surface area contributed by atoms with Gasteiger partial charge < -0.3 is 16.4 Å². The second kappa shape index (κ2) is 11.6. The molecule has 0 saturated heterocycles. The number of nitrogens with zero attached hydrogens (tertiary/aromatic N) is 1. The first-order chi connectivity index (χ1) is 12.7. The number of nitrogens with one attached hydrogen (secondary N) is 2. The van der Waals surface area contributed by atoms with Crippen molar-refractivity contribution in [1.82, 2.24) is 10.3 Å². The van der Waals surface area contributed by atoms with Gasteiger partial charge in [0.05, 0.1) is 0 Å². The van der Waals surface area contributed by atoms with E-state index in [9.17, 15) is 9.59 Å². The molecule has 0 aliphatic heterocycles. The van der Waals surface area contributed by atoms with E-state index in [2.05, 4.69) is 15.6 Å². The fraction of sp³-hybridized carbons (Fsp3) is 0.350. The topological polar surface area (TPSA) is 97.1 Å². The third-order valence-corrected chi connectivity index (χ3v) is 4.89. The number of halogens is 2. The number of amides is 2. The average Bonchev–Trinajstić information content (AvgIpc) is 3.16. The minimum absolute atomic E-state index is 0. The number of carbonyl (C=O) groups is 2. The van der Waals surface area contributed by atoms with E-state index in [0.29, 0.717) is 24.3 Å². The van der Waals surface area contributed by atoms with Crippen molar-refractivity contribution in [3.8, 4) is 0 Å². The van der Waals surface area contributed by atoms with Crippen LogP contribution in [0.2, 0.25) is 0 Å². The van der Waals surface area contributed by atoms with Gasteiger partial charge in [-0.1, -0.05) is 18.6 Å². The summed E-state index contributed by atoms with van der Waals surface area (Å²) in [4.78, 5) is 28.7. The molecular formula is C20H26Cl2N4O2. The van der Waals surface area contributed by atoms with Crippen LogP contribution in [0.25, 0.3) is 0 Å². The van der Waals surface area contributed by atoms with E-state index in [1.54, 1.807) is 36.7 Å². The molecule has 0 spiro atoms. The highest BCUT2D eigenvalue weighted by Crippen LogP contribution is 2.31. The zero-order valence-corrected chi connectivity index (χ0v) is 17.1. The summed E-state index contributed by atoms with van der Waals surface area (Å²) >= 11 is 0. The van der Waals surface area contributed by atoms with Gasteiger partial charge in [0, 0.05) is 36.1 Å². The first kappa shape index (κ1) is 23.9. The van der Waals surface area contributed by atoms with E-state index in [1.165, 1.54) is 0 Å². The Bertz CT molecular complexity index is 774. The SMILES string of the molecule is Cl.Cl.NC[C@H]1CCC[C@H]1C(=O)NCc1cccc(C(=O)Nc2ccncc2)c1. The Morgan fingerprint density at radius 2 is 1.86 bits per heavy atom. The molecular weight excluding hydrogens is 399 g/mol. The zero-order valence-electron chi connectivity index (χ0n) is 15.5. The second-order valence-corrected chi connectivity index (χ2v) is 6.64. The molecule has 2 atom stereocenters. The molecule has 1 saturated carbocycles. The Morgan fingerprint density at radius 3 is 2.57 bits per heavy atom. The fourth-order valence-electron chi connectivity index (χ4n) is 3.45. The van der Waals surface area contributed by atoms with E-state index in [-0.39, 0.29) is 48.5 Å². The number of hydrogen-bond donors (Lipinski definition) is 3. The van der Waals surface area contributed by atoms with Gasteiger partial charge in [-0.05, 0) is 55.1 Å². The number of pyridine rings is 1. The molecule has 0 unspecified atom stereocenters. The maximum Gasteiger partial charge on any atom is 0.255 e. The Hall–Kier alpha value is -2.15. The molecule has 6 nitrogen and oxygen atoms in total. The Kier molecular flexibility index (Phi) is 9.93. The summed E-state index contributed by atoms with van der Waals surface area (Å²) in [5, 5.41) is 5.81. The monoisotopic (exact) mass is 424 g/mol. The molecule has 2 aromatic rings. The number of nitrogens with two attached hydrogens (primary N) is 1. The highest BCUT2D eigenvalue weighted by atomic mass is 35.5. The number of rotatable bonds is 6. The van der Waals surface area contributed by atoms with Gasteiger partial charge in [0.15, 0.2) is 0 Å². The first-order valence-electron chi connectivity index (χ1n) is 8.95. The summed E-state index contributed by atoms with van der Waals surface area (Å²) in [6, 6.07) is 10.7. The lowest BCUT2D eigenvalue weighted by Crippen LogP contribution is -2.34. The molecule has 1 aliphatic carbocycles. The molecule has 0 bridgehead atoms. The second-order valence-electron chi connectivity index (χ2n) is 6.64. The molecule has 1 aromatic heterocycles. The first-order valence-corrected chi connectivity index (χ1v) is 8.95. The summed E-state index contributed by atoms with van der Waals surface area (Å²) in [6.45, 7) is 0.964. The normalized spacial score (nSPS) is 17.8. The molecule has 152 valence electrons. The summed E-state index contributed by atoms with van der Waals surface area (Å²) in [7, 11) is 0. The minimum Gasteiger partial charge on any atom is -0.352 e. The average molecular weight is 425 g/mol. The van der Waals surface area contributed by atoms with Gasteiger partial charge in [-0.25, -0.2) is 0 Å². The summed E-state index contributed by atoms with van der Waals surface area (Å²) < 4.78 is 0. The van der Waals surface area contributed by atoms with Crippen LogP contribution in [-0.4, -0.2) is 23.3 Å². The van der Waals surface area contributed by atoms with E-state index in [1.807, 2.05) is 12.1 Å². The van der Waals surface area contributed by atoms with Crippen LogP contribution in [0.1, 0.15) is 35.2 Å². The number of anilines is 1. The Morgan fingerprint density at radius 1 is 1.11 bits per heavy atom. The van der Waals surface area contributed by atoms with Crippen molar-refractivity contribution in [3.63, 3.8) is 0 Å². The lowest BCUT2D eigenvalue weighted by atomic mass is 9.95. The van der Waals surface area contributed by atoms with Crippen molar-refractivity contribution in [1.29, 1.82) is 0 Å². The molecule has 3 rings (SSSR count). The quantitative estimate of drug-likeness (QED) is 0.662. The molecule has 1 fully saturated rings. The lowest BCUT2D eigenvalue weighted by Gasteiger charge is -2.17. The van der Waals surface area contributed by atoms with E-state index < -0.39 is 0 Å². The van der Waals surface area contributed by atoms with Crippen LogP contribution in [0.4, 0.5) is 5.69 Å². The van der Waals surface area contributed by atoms with Crippen LogP contribution >= 0.6 is 24.8 Å². The van der Waals surface area contributed by atoms with Gasteiger partial charge in [-0.2, -0.15) is 0 Å². The van der Waals surface area contributed by atoms with Crippen LogP contribution < -0.4 is 16.4 Å². The summed E-state index contributed by atoms with van der Waals surface area (Å²) in [6.07, 6.45) is 6.24. The number of aromatic nitrogens is 1. The molecule has 1 aliphatic rings. The molecule has 0 radical (unpaired) electrons. The van der Waals surface area contributed by atoms with Gasteiger partial charge in [0.2, 0.25) is 5.91 Å². The fourth-order valence-corrected chi connectivity index (χ4v) is 3.45. The maximum absolute atomic E-state index is 12.4. The molecule has 1 aromatic carbocycles. The van der Waals surface area contributed by atoms with Crippen molar-refractivity contribution < 1.29 is 9.59 Å². The van der Waals surface area contributed by atoms with Crippen molar-refractivity contribution in [2.45, 2.75) is 25.8 Å². The van der Waals surface area contributed by atoms with Crippen LogP contribution in [0.3, 0.4) is 0 Å². The molecule has 8 heteroatoms. The Labute approximate surface area is 177 Å². The minimum atomic E-state index is -0.191. The summed E-state index contributed by atoms with van der Waals surface area (Å²) in [5.41, 5.74) is 7.89. The van der Waals surface area contributed by atoms with Gasteiger partial charge in [-0.3, -0.25) is 14.6 Å². The van der Waals surface area contributed by atoms with Crippen molar-refractivity contribution in [3.05, 3.63) is 59.9 Å². The number of carbonyl (C=O) groups excluding carboxylic acids is 2. The van der Waals surface area contributed by atoms with E-state index >= 15 is 0 Å². The summed E-state index contributed by atoms with van der Waals surface area (Å²) in [5.74, 6) is 0.165. The van der Waals surface area contributed by atoms with Gasteiger partial charge in [0.1, 0.15) is 0 Å². The van der Waals surface area contributed by atoms with Crippen LogP contribution in [0.5, 0.6) is 0 Å². The van der Waals surface area contributed by atoms with Crippen LogP contribution in [-0.2, 0) is 11.3 Å². The highest BCUT2D eigenvalue weighted by Gasteiger charge is 2.31. The molecule has 1 heterocycles. The Balaban J connectivity index is 0.00000196. The molecule has 28 heavy (non-hydrogen) atoms. The van der Waals surface area contributed by atoms with Crippen molar-refractivity contribution in [2.24, 2.45) is 17.6 Å². The lowest BCUT2D eigenvalue weighted by molar-refractivity contribution is -0.126. The van der Waals surface area contributed by atoms with Gasteiger partial charge in [-0.15, -0.1) is 24.8 Å². The van der Waals surface area contributed by atoms with Crippen LogP contribution in [0.15, 0.2) is 48.8 Å². The maximum atomic E-state index is 12.4. The largest absolute Gasteiger partial charge is 0.352 e. The predicted molar refractivity (Wildman–Crippen MR) is 115 cm³/mol. The van der Waals surface area contributed by atoms with E-state index in [0.717, 1.165) is 24.8 Å². The third kappa shape index (κ3) is 6.19. The zero-order chi connectivity index (χ0) is 18.4. The third-order valence-electron chi connectivity index (χ3n) is 4.89. The highest BCUT2D eigenvalue weighted by molar-refractivity contribution is 6.04. The predicted octanol–water partition coefficient (Wildman–Crippen LogP) is 3.17. The standard InChI is InChI=1S/C20H24N4O2.2ClH/c21-12-16-5-2-6-18(16)20(26)23-13-14-3-1-4-15(11-14)19(25)24-17-7-9-22-10-8-17;;/h1,3-4,7-11,16,18H,2,5-6,12-13,21H2,(H,23,26)(H,22,24,25);2*1H/t16-,18-;;/m1../s1. The van der Waals surface area contributed by atoms with Gasteiger partial charge in [0.25, 0.3) is 5.91 Å². The molecule has 2 amide bonds. The smallest absolute Gasteiger partial charge is 0.255 e. The van der Waals surface area contributed by atoms with Gasteiger partial charge >= 0.3 is 0 Å². The number of benzene rings is 1. The molecule has 4 N–H and O–H groups in total. The van der Waals surface area contributed by atoms with E-state index in [4.69, 9.17) is 5.73 Å².